The third-order valence-corrected chi connectivity index (χ3v) is 2.46. The lowest BCUT2D eigenvalue weighted by atomic mass is 9.93. The Kier molecular flexibility index (Phi) is 3.06. The first-order valence-corrected chi connectivity index (χ1v) is 4.73. The molecule has 0 unspecified atom stereocenters. The summed E-state index contributed by atoms with van der Waals surface area (Å²) < 4.78 is 47.7. The fourth-order valence-electron chi connectivity index (χ4n) is 1.54. The first-order chi connectivity index (χ1) is 6.62. The van der Waals surface area contributed by atoms with Gasteiger partial charge in [-0.3, -0.25) is 0 Å². The van der Waals surface area contributed by atoms with E-state index in [1.165, 1.54) is 20.8 Å². The van der Waals surface area contributed by atoms with Crippen molar-refractivity contribution in [2.75, 3.05) is 6.61 Å². The number of aliphatic hydroxyl groups is 1. The molecule has 0 saturated carbocycles. The number of rotatable bonds is 1. The topological polar surface area (TPSA) is 38.7 Å². The molecule has 15 heavy (non-hydrogen) atoms. The van der Waals surface area contributed by atoms with Crippen molar-refractivity contribution >= 4 is 0 Å². The van der Waals surface area contributed by atoms with Crippen LogP contribution in [0, 0.1) is 0 Å². The van der Waals surface area contributed by atoms with Crippen LogP contribution >= 0.6 is 0 Å². The molecular formula is C9H15F3O3. The van der Waals surface area contributed by atoms with Crippen LogP contribution in [0.15, 0.2) is 0 Å². The van der Waals surface area contributed by atoms with Gasteiger partial charge in [0.1, 0.15) is 6.10 Å². The maximum atomic E-state index is 12.6. The van der Waals surface area contributed by atoms with Gasteiger partial charge in [0.2, 0.25) is 5.60 Å². The summed E-state index contributed by atoms with van der Waals surface area (Å²) in [6.45, 7) is 3.78. The third kappa shape index (κ3) is 2.26. The van der Waals surface area contributed by atoms with E-state index in [4.69, 9.17) is 9.47 Å². The normalized spacial score (nSPS) is 36.6. The predicted octanol–water partition coefficient (Wildman–Crippen LogP) is 1.84. The number of alkyl halides is 3. The fourth-order valence-corrected chi connectivity index (χ4v) is 1.54. The van der Waals surface area contributed by atoms with E-state index in [0.717, 1.165) is 0 Å². The average molecular weight is 228 g/mol. The lowest BCUT2D eigenvalue weighted by Crippen LogP contribution is -2.64. The molecule has 0 bridgehead atoms. The second-order valence-electron chi connectivity index (χ2n) is 4.13. The monoisotopic (exact) mass is 228 g/mol. The fraction of sp³-hybridized carbons (Fsp3) is 1.00. The Morgan fingerprint density at radius 3 is 2.33 bits per heavy atom. The Morgan fingerprint density at radius 2 is 1.93 bits per heavy atom. The van der Waals surface area contributed by atoms with E-state index in [1.807, 2.05) is 0 Å². The quantitative estimate of drug-likeness (QED) is 0.744. The highest BCUT2D eigenvalue weighted by molar-refractivity contribution is 4.97. The first kappa shape index (κ1) is 12.7. The molecule has 1 heterocycles. The Morgan fingerprint density at radius 1 is 1.40 bits per heavy atom. The first-order valence-electron chi connectivity index (χ1n) is 4.73. The molecule has 1 rings (SSSR count). The van der Waals surface area contributed by atoms with Gasteiger partial charge in [-0.25, -0.2) is 0 Å². The SMILES string of the molecule is CC[C@@H]1OC(C)(C)OC[C@@]1(O)C(F)(F)F. The van der Waals surface area contributed by atoms with Gasteiger partial charge in [0.05, 0.1) is 6.61 Å². The maximum Gasteiger partial charge on any atom is 0.422 e. The van der Waals surface area contributed by atoms with E-state index in [0.29, 0.717) is 0 Å². The van der Waals surface area contributed by atoms with Crippen molar-refractivity contribution in [3.63, 3.8) is 0 Å². The van der Waals surface area contributed by atoms with Crippen molar-refractivity contribution in [3.8, 4) is 0 Å². The van der Waals surface area contributed by atoms with Crippen LogP contribution in [-0.2, 0) is 9.47 Å². The van der Waals surface area contributed by atoms with Crippen molar-refractivity contribution in [1.29, 1.82) is 0 Å². The molecule has 3 nitrogen and oxygen atoms in total. The lowest BCUT2D eigenvalue weighted by molar-refractivity contribution is -0.394. The zero-order chi connectivity index (χ0) is 11.9. The summed E-state index contributed by atoms with van der Waals surface area (Å²) >= 11 is 0. The lowest BCUT2D eigenvalue weighted by Gasteiger charge is -2.46. The van der Waals surface area contributed by atoms with Gasteiger partial charge in [-0.05, 0) is 20.3 Å². The molecule has 0 aromatic carbocycles. The number of halogens is 3. The molecule has 6 heteroatoms. The van der Waals surface area contributed by atoms with Crippen molar-refractivity contribution in [1.82, 2.24) is 0 Å². The molecular weight excluding hydrogens is 213 g/mol. The summed E-state index contributed by atoms with van der Waals surface area (Å²) in [4.78, 5) is 0. The molecule has 1 aliphatic rings. The van der Waals surface area contributed by atoms with Gasteiger partial charge in [-0.1, -0.05) is 6.92 Å². The molecule has 0 aromatic rings. The zero-order valence-electron chi connectivity index (χ0n) is 8.89. The van der Waals surface area contributed by atoms with Gasteiger partial charge in [-0.15, -0.1) is 0 Å². The van der Waals surface area contributed by atoms with Gasteiger partial charge in [0, 0.05) is 0 Å². The summed E-state index contributed by atoms with van der Waals surface area (Å²) in [6.07, 6.45) is -5.96. The number of hydrogen-bond donors (Lipinski definition) is 1. The third-order valence-electron chi connectivity index (χ3n) is 2.46. The molecule has 1 N–H and O–H groups in total. The van der Waals surface area contributed by atoms with Crippen LogP contribution in [0.5, 0.6) is 0 Å². The van der Waals surface area contributed by atoms with Crippen LogP contribution in [0.25, 0.3) is 0 Å². The van der Waals surface area contributed by atoms with Crippen LogP contribution in [0.1, 0.15) is 27.2 Å². The van der Waals surface area contributed by atoms with Gasteiger partial charge < -0.3 is 14.6 Å². The average Bonchev–Trinajstić information content (AvgIpc) is 2.07. The largest absolute Gasteiger partial charge is 0.422 e. The van der Waals surface area contributed by atoms with Crippen LogP contribution in [-0.4, -0.2) is 35.4 Å². The van der Waals surface area contributed by atoms with Gasteiger partial charge in [0.25, 0.3) is 0 Å². The van der Waals surface area contributed by atoms with E-state index in [2.05, 4.69) is 0 Å². The van der Waals surface area contributed by atoms with Crippen LogP contribution in [0.4, 0.5) is 13.2 Å². The van der Waals surface area contributed by atoms with E-state index < -0.39 is 30.3 Å². The Labute approximate surface area is 86.2 Å². The van der Waals surface area contributed by atoms with Crippen molar-refractivity contribution in [2.45, 2.75) is 50.9 Å². The molecule has 90 valence electrons. The maximum absolute atomic E-state index is 12.6. The zero-order valence-corrected chi connectivity index (χ0v) is 8.89. The highest BCUT2D eigenvalue weighted by atomic mass is 19.4. The van der Waals surface area contributed by atoms with Crippen molar-refractivity contribution < 1.29 is 27.8 Å². The second kappa shape index (κ2) is 3.61. The molecule has 0 aliphatic carbocycles. The summed E-state index contributed by atoms with van der Waals surface area (Å²) in [6, 6.07) is 0. The highest BCUT2D eigenvalue weighted by Gasteiger charge is 2.62. The molecule has 1 fully saturated rings. The van der Waals surface area contributed by atoms with Gasteiger partial charge >= 0.3 is 6.18 Å². The summed E-state index contributed by atoms with van der Waals surface area (Å²) in [7, 11) is 0. The van der Waals surface area contributed by atoms with Crippen molar-refractivity contribution in [3.05, 3.63) is 0 Å². The van der Waals surface area contributed by atoms with Crippen molar-refractivity contribution in [2.24, 2.45) is 0 Å². The smallest absolute Gasteiger partial charge is 0.377 e. The van der Waals surface area contributed by atoms with Crippen LogP contribution < -0.4 is 0 Å². The van der Waals surface area contributed by atoms with E-state index in [1.54, 1.807) is 0 Å². The molecule has 0 aromatic heterocycles. The predicted molar refractivity (Wildman–Crippen MR) is 46.2 cm³/mol. The van der Waals surface area contributed by atoms with Gasteiger partial charge in [-0.2, -0.15) is 13.2 Å². The number of hydrogen-bond acceptors (Lipinski definition) is 3. The molecule has 1 aliphatic heterocycles. The molecule has 0 spiro atoms. The Balaban J connectivity index is 2.92. The molecule has 1 saturated heterocycles. The summed E-state index contributed by atoms with van der Waals surface area (Å²) in [5, 5.41) is 9.52. The highest BCUT2D eigenvalue weighted by Crippen LogP contribution is 2.41. The molecule has 0 radical (unpaired) electrons. The molecule has 0 amide bonds. The standard InChI is InChI=1S/C9H15F3O3/c1-4-6-8(13,9(10,11)12)5-14-7(2,3)15-6/h6,13H,4-5H2,1-3H3/t6-,8-/m0/s1. The molecule has 2 atom stereocenters. The van der Waals surface area contributed by atoms with Crippen LogP contribution in [0.2, 0.25) is 0 Å². The minimum Gasteiger partial charge on any atom is -0.377 e. The van der Waals surface area contributed by atoms with Gasteiger partial charge in [0.15, 0.2) is 5.79 Å². The van der Waals surface area contributed by atoms with E-state index in [-0.39, 0.29) is 6.42 Å². The Hall–Kier alpha value is -0.330. The minimum absolute atomic E-state index is 0.0722. The summed E-state index contributed by atoms with van der Waals surface area (Å²) in [5.74, 6) is -1.09. The Bertz CT molecular complexity index is 239. The van der Waals surface area contributed by atoms with E-state index >= 15 is 0 Å². The van der Waals surface area contributed by atoms with E-state index in [9.17, 15) is 18.3 Å². The van der Waals surface area contributed by atoms with Crippen LogP contribution in [0.3, 0.4) is 0 Å². The summed E-state index contributed by atoms with van der Waals surface area (Å²) in [5.41, 5.74) is -2.91. The second-order valence-corrected chi connectivity index (χ2v) is 4.13. The minimum atomic E-state index is -4.75. The number of ether oxygens (including phenoxy) is 2.